The van der Waals surface area contributed by atoms with Crippen LogP contribution in [-0.2, 0) is 36.8 Å². The van der Waals surface area contributed by atoms with Crippen molar-refractivity contribution in [3.8, 4) is 11.5 Å². The molecule has 13 nitrogen and oxygen atoms in total. The average molecular weight is 572 g/mol. The lowest BCUT2D eigenvalue weighted by Crippen LogP contribution is -2.59. The average Bonchev–Trinajstić information content (AvgIpc) is 2.92. The van der Waals surface area contributed by atoms with E-state index in [4.69, 9.17) is 11.5 Å². The Bertz CT molecular complexity index is 1220. The molecule has 5 atom stereocenters. The smallest absolute Gasteiger partial charge is 0.326 e. The molecular formula is C28H37N5O8. The number of benzene rings is 2. The molecule has 0 heterocycles. The quantitative estimate of drug-likeness (QED) is 0.140. The van der Waals surface area contributed by atoms with Crippen LogP contribution in [0, 0.1) is 5.92 Å². The number of rotatable bonds is 15. The predicted molar refractivity (Wildman–Crippen MR) is 148 cm³/mol. The van der Waals surface area contributed by atoms with Gasteiger partial charge in [-0.2, -0.15) is 0 Å². The van der Waals surface area contributed by atoms with E-state index in [9.17, 15) is 39.3 Å². The number of nitrogens with two attached hydrogens (primary N) is 2. The van der Waals surface area contributed by atoms with Gasteiger partial charge in [-0.05, 0) is 41.3 Å². The van der Waals surface area contributed by atoms with E-state index in [0.29, 0.717) is 17.5 Å². The number of carbonyl (C=O) groups excluding carboxylic acids is 4. The minimum atomic E-state index is -1.32. The van der Waals surface area contributed by atoms with E-state index in [1.807, 2.05) is 0 Å². The van der Waals surface area contributed by atoms with E-state index in [-0.39, 0.29) is 24.3 Å². The van der Waals surface area contributed by atoms with E-state index >= 15 is 0 Å². The first kappa shape index (κ1) is 32.6. The highest BCUT2D eigenvalue weighted by Gasteiger charge is 2.33. The van der Waals surface area contributed by atoms with Crippen LogP contribution in [0.3, 0.4) is 0 Å². The van der Waals surface area contributed by atoms with Gasteiger partial charge in [0.05, 0.1) is 12.5 Å². The van der Waals surface area contributed by atoms with Crippen LogP contribution in [0.4, 0.5) is 0 Å². The summed E-state index contributed by atoms with van der Waals surface area (Å²) in [4.78, 5) is 62.5. The van der Waals surface area contributed by atoms with Crippen LogP contribution in [0.2, 0.25) is 0 Å². The van der Waals surface area contributed by atoms with E-state index in [1.165, 1.54) is 36.4 Å². The predicted octanol–water partition coefficient (Wildman–Crippen LogP) is -0.329. The summed E-state index contributed by atoms with van der Waals surface area (Å²) in [6, 6.07) is 6.73. The minimum Gasteiger partial charge on any atom is -0.508 e. The maximum Gasteiger partial charge on any atom is 0.326 e. The second kappa shape index (κ2) is 15.2. The van der Waals surface area contributed by atoms with Crippen molar-refractivity contribution >= 4 is 29.6 Å². The molecule has 0 aliphatic carbocycles. The van der Waals surface area contributed by atoms with Gasteiger partial charge in [-0.25, -0.2) is 4.79 Å². The van der Waals surface area contributed by atoms with E-state index in [0.717, 1.165) is 0 Å². The second-order valence-corrected chi connectivity index (χ2v) is 9.85. The van der Waals surface area contributed by atoms with E-state index in [1.54, 1.807) is 26.0 Å². The maximum absolute atomic E-state index is 13.4. The monoisotopic (exact) mass is 571 g/mol. The Balaban J connectivity index is 2.26. The number of aromatic hydroxyl groups is 2. The largest absolute Gasteiger partial charge is 0.508 e. The Morgan fingerprint density at radius 2 is 1.22 bits per heavy atom. The second-order valence-electron chi connectivity index (χ2n) is 9.85. The fourth-order valence-corrected chi connectivity index (χ4v) is 3.95. The van der Waals surface area contributed by atoms with E-state index in [2.05, 4.69) is 16.0 Å². The first-order valence-corrected chi connectivity index (χ1v) is 13.0. The van der Waals surface area contributed by atoms with Crippen LogP contribution in [0.5, 0.6) is 11.5 Å². The number of carbonyl (C=O) groups is 5. The third-order valence-corrected chi connectivity index (χ3v) is 6.55. The molecule has 2 rings (SSSR count). The molecule has 0 fully saturated rings. The summed E-state index contributed by atoms with van der Waals surface area (Å²) in [5, 5.41) is 36.4. The van der Waals surface area contributed by atoms with Crippen LogP contribution < -0.4 is 27.4 Å². The Labute approximate surface area is 237 Å². The number of primary amides is 1. The third-order valence-electron chi connectivity index (χ3n) is 6.55. The molecule has 0 aromatic heterocycles. The molecule has 0 bridgehead atoms. The van der Waals surface area contributed by atoms with Crippen molar-refractivity contribution in [2.45, 2.75) is 63.7 Å². The summed E-state index contributed by atoms with van der Waals surface area (Å²) in [6.07, 6.45) is -0.115. The van der Waals surface area contributed by atoms with Gasteiger partial charge in [0, 0.05) is 12.8 Å². The number of hydrogen-bond donors (Lipinski definition) is 8. The zero-order chi connectivity index (χ0) is 30.7. The fraction of sp³-hybridized carbons (Fsp3) is 0.393. The lowest BCUT2D eigenvalue weighted by molar-refractivity contribution is -0.142. The molecular weight excluding hydrogens is 534 g/mol. The van der Waals surface area contributed by atoms with Gasteiger partial charge >= 0.3 is 5.97 Å². The number of aliphatic carboxylic acids is 1. The molecule has 0 radical (unpaired) electrons. The van der Waals surface area contributed by atoms with Gasteiger partial charge < -0.3 is 42.7 Å². The molecule has 41 heavy (non-hydrogen) atoms. The van der Waals surface area contributed by atoms with Crippen molar-refractivity contribution in [2.24, 2.45) is 17.4 Å². The van der Waals surface area contributed by atoms with Crippen LogP contribution in [0.15, 0.2) is 48.5 Å². The lowest BCUT2D eigenvalue weighted by Gasteiger charge is -2.28. The van der Waals surface area contributed by atoms with Crippen molar-refractivity contribution in [1.82, 2.24) is 16.0 Å². The summed E-state index contributed by atoms with van der Waals surface area (Å²) < 4.78 is 0. The number of carboxylic acids is 1. The molecule has 222 valence electrons. The van der Waals surface area contributed by atoms with Gasteiger partial charge in [0.25, 0.3) is 0 Å². The highest BCUT2D eigenvalue weighted by molar-refractivity contribution is 5.95. The van der Waals surface area contributed by atoms with Gasteiger partial charge in [0.15, 0.2) is 0 Å². The van der Waals surface area contributed by atoms with Gasteiger partial charge in [-0.15, -0.1) is 0 Å². The van der Waals surface area contributed by atoms with Crippen LogP contribution in [-0.4, -0.2) is 69.1 Å². The van der Waals surface area contributed by atoms with Crippen molar-refractivity contribution in [3.63, 3.8) is 0 Å². The zero-order valence-corrected chi connectivity index (χ0v) is 22.9. The molecule has 0 aliphatic rings. The van der Waals surface area contributed by atoms with Crippen molar-refractivity contribution in [1.29, 1.82) is 0 Å². The van der Waals surface area contributed by atoms with Crippen LogP contribution >= 0.6 is 0 Å². The molecule has 5 unspecified atom stereocenters. The van der Waals surface area contributed by atoms with Crippen LogP contribution in [0.1, 0.15) is 37.8 Å². The summed E-state index contributed by atoms with van der Waals surface area (Å²) >= 11 is 0. The number of carboxylic acid groups (broad SMARTS) is 1. The topological polar surface area (TPSA) is 234 Å². The first-order valence-electron chi connectivity index (χ1n) is 13.0. The third kappa shape index (κ3) is 10.4. The molecule has 13 heteroatoms. The number of amides is 4. The Hall–Kier alpha value is -4.65. The normalized spacial score (nSPS) is 14.5. The van der Waals surface area contributed by atoms with Crippen molar-refractivity contribution in [2.75, 3.05) is 0 Å². The number of phenols is 2. The number of phenolic OH excluding ortho intramolecular Hbond substituents is 2. The van der Waals surface area contributed by atoms with Crippen molar-refractivity contribution < 1.29 is 39.3 Å². The fourth-order valence-electron chi connectivity index (χ4n) is 3.95. The molecule has 2 aromatic rings. The molecule has 0 saturated heterocycles. The Morgan fingerprint density at radius 3 is 1.66 bits per heavy atom. The molecule has 4 amide bonds. The first-order chi connectivity index (χ1) is 19.3. The zero-order valence-electron chi connectivity index (χ0n) is 22.9. The molecule has 0 spiro atoms. The highest BCUT2D eigenvalue weighted by Crippen LogP contribution is 2.15. The summed E-state index contributed by atoms with van der Waals surface area (Å²) in [7, 11) is 0. The highest BCUT2D eigenvalue weighted by atomic mass is 16.4. The molecule has 10 N–H and O–H groups in total. The van der Waals surface area contributed by atoms with E-state index < -0.39 is 66.1 Å². The van der Waals surface area contributed by atoms with Gasteiger partial charge in [0.2, 0.25) is 23.6 Å². The maximum atomic E-state index is 13.4. The summed E-state index contributed by atoms with van der Waals surface area (Å²) in [5.74, 6) is -4.81. The van der Waals surface area contributed by atoms with Crippen molar-refractivity contribution in [3.05, 3.63) is 59.7 Å². The Kier molecular flexibility index (Phi) is 12.1. The molecule has 0 aliphatic heterocycles. The molecule has 0 saturated carbocycles. The van der Waals surface area contributed by atoms with Gasteiger partial charge in [-0.1, -0.05) is 44.5 Å². The SMILES string of the molecule is CCC(C)C(NC(=O)C(Cc1ccc(O)cc1)NC(=O)C(N)CC(N)=O)C(=O)NC(Cc1ccc(O)cc1)C(=O)O. The number of hydrogen-bond acceptors (Lipinski definition) is 8. The summed E-state index contributed by atoms with van der Waals surface area (Å²) in [5.41, 5.74) is 12.0. The van der Waals surface area contributed by atoms with Gasteiger partial charge in [0.1, 0.15) is 29.6 Å². The van der Waals surface area contributed by atoms with Crippen LogP contribution in [0.25, 0.3) is 0 Å². The molecule has 2 aromatic carbocycles. The lowest BCUT2D eigenvalue weighted by atomic mass is 9.96. The Morgan fingerprint density at radius 1 is 0.756 bits per heavy atom. The summed E-state index contributed by atoms with van der Waals surface area (Å²) in [6.45, 7) is 3.50. The standard InChI is InChI=1S/C28H37N5O8/c1-3-15(2)24(27(39)32-22(28(40)41)13-17-6-10-19(35)11-7-17)33-26(38)21(12-16-4-8-18(34)9-5-16)31-25(37)20(29)14-23(30)36/h4-11,15,20-22,24,34-35H,3,12-14,29H2,1-2H3,(H2,30,36)(H,31,37)(H,32,39)(H,33,38)(H,40,41). The number of nitrogens with one attached hydrogen (secondary N) is 3. The minimum absolute atomic E-state index is 0.00365. The van der Waals surface area contributed by atoms with Gasteiger partial charge in [-0.3, -0.25) is 19.2 Å².